The molecule has 2 rings (SSSR count). The van der Waals surface area contributed by atoms with Gasteiger partial charge in [-0.1, -0.05) is 38.1 Å². The molecule has 0 unspecified atom stereocenters. The molecule has 1 amide bonds. The van der Waals surface area contributed by atoms with Gasteiger partial charge >= 0.3 is 0 Å². The second kappa shape index (κ2) is 11.4. The SMILES string of the molecule is CCCN(CCC)c1ccc(/C=N\NC(=O)COc2ccccc2C#N)cc1. The molecule has 0 saturated heterocycles. The number of hydrogen-bond donors (Lipinski definition) is 1. The molecule has 28 heavy (non-hydrogen) atoms. The zero-order chi connectivity index (χ0) is 20.2. The van der Waals surface area contributed by atoms with E-state index in [1.807, 2.05) is 18.2 Å². The van der Waals surface area contributed by atoms with Gasteiger partial charge in [0.2, 0.25) is 0 Å². The number of benzene rings is 2. The summed E-state index contributed by atoms with van der Waals surface area (Å²) in [6, 6.07) is 16.9. The lowest BCUT2D eigenvalue weighted by molar-refractivity contribution is -0.123. The van der Waals surface area contributed by atoms with Gasteiger partial charge in [0, 0.05) is 18.8 Å². The highest BCUT2D eigenvalue weighted by Gasteiger charge is 2.06. The minimum atomic E-state index is -0.391. The lowest BCUT2D eigenvalue weighted by atomic mass is 10.2. The molecule has 1 N–H and O–H groups in total. The third-order valence-electron chi connectivity index (χ3n) is 4.01. The minimum absolute atomic E-state index is 0.210. The fraction of sp³-hybridized carbons (Fsp3) is 0.318. The molecule has 0 saturated carbocycles. The van der Waals surface area contributed by atoms with E-state index in [4.69, 9.17) is 10.00 Å². The van der Waals surface area contributed by atoms with Crippen molar-refractivity contribution < 1.29 is 9.53 Å². The van der Waals surface area contributed by atoms with Gasteiger partial charge in [0.1, 0.15) is 11.8 Å². The molecule has 0 atom stereocenters. The molecule has 0 bridgehead atoms. The molecule has 146 valence electrons. The van der Waals surface area contributed by atoms with Crippen LogP contribution in [0.25, 0.3) is 0 Å². The maximum atomic E-state index is 11.9. The van der Waals surface area contributed by atoms with Crippen molar-refractivity contribution in [3.8, 4) is 11.8 Å². The summed E-state index contributed by atoms with van der Waals surface area (Å²) in [5.41, 5.74) is 4.90. The number of rotatable bonds is 10. The lowest BCUT2D eigenvalue weighted by Gasteiger charge is -2.23. The highest BCUT2D eigenvalue weighted by atomic mass is 16.5. The van der Waals surface area contributed by atoms with E-state index in [0.29, 0.717) is 11.3 Å². The summed E-state index contributed by atoms with van der Waals surface area (Å²) in [5.74, 6) is -0.0129. The smallest absolute Gasteiger partial charge is 0.277 e. The van der Waals surface area contributed by atoms with Crippen LogP contribution in [-0.4, -0.2) is 31.8 Å². The Balaban J connectivity index is 1.85. The van der Waals surface area contributed by atoms with Gasteiger partial charge in [-0.15, -0.1) is 0 Å². The number of hydrogen-bond acceptors (Lipinski definition) is 5. The number of carbonyl (C=O) groups is 1. The largest absolute Gasteiger partial charge is 0.482 e. The molecular weight excluding hydrogens is 352 g/mol. The van der Waals surface area contributed by atoms with E-state index in [9.17, 15) is 4.79 Å². The van der Waals surface area contributed by atoms with Crippen molar-refractivity contribution in [3.63, 3.8) is 0 Å². The van der Waals surface area contributed by atoms with Crippen molar-refractivity contribution in [2.24, 2.45) is 5.10 Å². The maximum absolute atomic E-state index is 11.9. The molecule has 0 aliphatic heterocycles. The molecule has 0 radical (unpaired) electrons. The van der Waals surface area contributed by atoms with E-state index in [-0.39, 0.29) is 6.61 Å². The minimum Gasteiger partial charge on any atom is -0.482 e. The second-order valence-electron chi connectivity index (χ2n) is 6.27. The molecule has 6 heteroatoms. The molecule has 0 aliphatic rings. The van der Waals surface area contributed by atoms with Crippen LogP contribution in [0.15, 0.2) is 53.6 Å². The van der Waals surface area contributed by atoms with Gasteiger partial charge in [-0.25, -0.2) is 5.43 Å². The number of hydrazone groups is 1. The summed E-state index contributed by atoms with van der Waals surface area (Å²) in [7, 11) is 0. The van der Waals surface area contributed by atoms with Crippen molar-refractivity contribution in [2.75, 3.05) is 24.6 Å². The molecule has 2 aromatic carbocycles. The van der Waals surface area contributed by atoms with E-state index >= 15 is 0 Å². The average molecular weight is 378 g/mol. The molecule has 0 aromatic heterocycles. The van der Waals surface area contributed by atoms with Gasteiger partial charge in [-0.3, -0.25) is 4.79 Å². The van der Waals surface area contributed by atoms with Gasteiger partial charge in [0.15, 0.2) is 6.61 Å². The molecule has 6 nitrogen and oxygen atoms in total. The summed E-state index contributed by atoms with van der Waals surface area (Å²) in [4.78, 5) is 14.2. The van der Waals surface area contributed by atoms with Crippen molar-refractivity contribution in [1.29, 1.82) is 5.26 Å². The van der Waals surface area contributed by atoms with E-state index in [2.05, 4.69) is 41.4 Å². The molecule has 2 aromatic rings. The normalized spacial score (nSPS) is 10.5. The maximum Gasteiger partial charge on any atom is 0.277 e. The predicted molar refractivity (Wildman–Crippen MR) is 112 cm³/mol. The Morgan fingerprint density at radius 1 is 1.14 bits per heavy atom. The van der Waals surface area contributed by atoms with Crippen molar-refractivity contribution in [3.05, 3.63) is 59.7 Å². The standard InChI is InChI=1S/C22H26N4O2/c1-3-13-26(14-4-2)20-11-9-18(10-12-20)16-24-25-22(27)17-28-21-8-6-5-7-19(21)15-23/h5-12,16H,3-4,13-14,17H2,1-2H3,(H,25,27)/b24-16-. The third-order valence-corrected chi connectivity index (χ3v) is 4.01. The summed E-state index contributed by atoms with van der Waals surface area (Å²) in [5, 5.41) is 13.0. The van der Waals surface area contributed by atoms with Crippen LogP contribution in [0.4, 0.5) is 5.69 Å². The van der Waals surface area contributed by atoms with Gasteiger partial charge < -0.3 is 9.64 Å². The van der Waals surface area contributed by atoms with Gasteiger partial charge in [0.25, 0.3) is 5.91 Å². The Bertz CT molecular complexity index is 819. The lowest BCUT2D eigenvalue weighted by Crippen LogP contribution is -2.25. The summed E-state index contributed by atoms with van der Waals surface area (Å²) >= 11 is 0. The highest BCUT2D eigenvalue weighted by molar-refractivity contribution is 5.83. The number of para-hydroxylation sites is 1. The number of amides is 1. The number of nitrogens with one attached hydrogen (secondary N) is 1. The van der Waals surface area contributed by atoms with E-state index in [1.165, 1.54) is 5.69 Å². The fourth-order valence-corrected chi connectivity index (χ4v) is 2.72. The third kappa shape index (κ3) is 6.44. The first-order valence-electron chi connectivity index (χ1n) is 9.46. The summed E-state index contributed by atoms with van der Waals surface area (Å²) in [6.07, 6.45) is 3.81. The monoisotopic (exact) mass is 378 g/mol. The molecule has 0 heterocycles. The van der Waals surface area contributed by atoms with Gasteiger partial charge in [-0.2, -0.15) is 10.4 Å². The predicted octanol–water partition coefficient (Wildman–Crippen LogP) is 3.71. The Kier molecular flexibility index (Phi) is 8.54. The van der Waals surface area contributed by atoms with Crippen molar-refractivity contribution in [1.82, 2.24) is 5.43 Å². The Labute approximate surface area is 166 Å². The molecular formula is C22H26N4O2. The van der Waals surface area contributed by atoms with E-state index in [0.717, 1.165) is 31.5 Å². The molecule has 0 aliphatic carbocycles. The highest BCUT2D eigenvalue weighted by Crippen LogP contribution is 2.16. The summed E-state index contributed by atoms with van der Waals surface area (Å²) in [6.45, 7) is 6.21. The van der Waals surface area contributed by atoms with Crippen LogP contribution in [0.2, 0.25) is 0 Å². The van der Waals surface area contributed by atoms with Crippen LogP contribution in [0.1, 0.15) is 37.8 Å². The van der Waals surface area contributed by atoms with Crippen LogP contribution in [0.5, 0.6) is 5.75 Å². The van der Waals surface area contributed by atoms with Crippen LogP contribution in [0, 0.1) is 11.3 Å². The van der Waals surface area contributed by atoms with Crippen molar-refractivity contribution >= 4 is 17.8 Å². The molecule has 0 fully saturated rings. The van der Waals surface area contributed by atoms with Crippen LogP contribution < -0.4 is 15.1 Å². The van der Waals surface area contributed by atoms with Crippen LogP contribution >= 0.6 is 0 Å². The number of ether oxygens (including phenoxy) is 1. The number of anilines is 1. The van der Waals surface area contributed by atoms with E-state index < -0.39 is 5.91 Å². The topological polar surface area (TPSA) is 77.7 Å². The Morgan fingerprint density at radius 2 is 1.82 bits per heavy atom. The summed E-state index contributed by atoms with van der Waals surface area (Å²) < 4.78 is 5.37. The number of nitriles is 1. The first kappa shape index (κ1) is 21.0. The first-order valence-corrected chi connectivity index (χ1v) is 9.46. The zero-order valence-corrected chi connectivity index (χ0v) is 16.4. The number of nitrogens with zero attached hydrogens (tertiary/aromatic N) is 3. The Hall–Kier alpha value is -3.33. The molecule has 0 spiro atoms. The van der Waals surface area contributed by atoms with Crippen molar-refractivity contribution in [2.45, 2.75) is 26.7 Å². The zero-order valence-electron chi connectivity index (χ0n) is 16.4. The second-order valence-corrected chi connectivity index (χ2v) is 6.27. The van der Waals surface area contributed by atoms with Crippen LogP contribution in [-0.2, 0) is 4.79 Å². The van der Waals surface area contributed by atoms with Gasteiger partial charge in [0.05, 0.1) is 11.8 Å². The number of carbonyl (C=O) groups excluding carboxylic acids is 1. The fourth-order valence-electron chi connectivity index (χ4n) is 2.72. The first-order chi connectivity index (χ1) is 13.7. The van der Waals surface area contributed by atoms with Gasteiger partial charge in [-0.05, 0) is 42.7 Å². The van der Waals surface area contributed by atoms with Crippen LogP contribution in [0.3, 0.4) is 0 Å². The average Bonchev–Trinajstić information content (AvgIpc) is 2.73. The van der Waals surface area contributed by atoms with E-state index in [1.54, 1.807) is 30.5 Å². The Morgan fingerprint density at radius 3 is 2.46 bits per heavy atom. The quantitative estimate of drug-likeness (QED) is 0.505.